The Morgan fingerprint density at radius 2 is 0.991 bits per heavy atom. The van der Waals surface area contributed by atoms with E-state index in [0.717, 1.165) is 115 Å². The van der Waals surface area contributed by atoms with Crippen LogP contribution >= 0.6 is 0 Å². The normalized spacial score (nSPS) is 20.9. The second-order valence-electron chi connectivity index (χ2n) is 32.2. The number of likely N-dealkylation sites (tertiary alicyclic amines) is 2. The molecule has 1 aromatic heterocycles. The van der Waals surface area contributed by atoms with Gasteiger partial charge in [-0.2, -0.15) is 0 Å². The summed E-state index contributed by atoms with van der Waals surface area (Å²) in [5.41, 5.74) is -1.45. The number of nitrogens with zero attached hydrogens (tertiary/aromatic N) is 7. The van der Waals surface area contributed by atoms with Crippen LogP contribution in [0.4, 0.5) is 0 Å². The second kappa shape index (κ2) is 43.7. The first-order chi connectivity index (χ1) is 50.4. The zero-order chi connectivity index (χ0) is 77.6. The highest BCUT2D eigenvalue weighted by molar-refractivity contribution is 6.71. The average molecular weight is 1520 g/mol. The maximum Gasteiger partial charge on any atom is 0.331 e. The molecule has 2 saturated heterocycles. The summed E-state index contributed by atoms with van der Waals surface area (Å²) in [5, 5.41) is 8.57. The number of imide groups is 2. The van der Waals surface area contributed by atoms with E-state index in [1.54, 1.807) is 57.5 Å². The SMILES string of the molecule is C#CCN(CCCCCCN1C(=O)[C@@H]2[C@H](C1=O)[C@H]1C=C[C@@H]2C1)C(=O)CCC(=O)OCCOCCC[Si](C)(C)OCCCC.CCCCO[Si](C)(C)CCCOCCOC(=O)CCC(=O)N(CCCCCCN1C(=O)[C@@H]2[C@H](C1=O)[C@H]1C=C[C@@H]2C1)Cc1cn(C(CC(C)(C)C(=O)OCC)C(=O)OC(C)(C)C)nn1. The molecule has 4 fully saturated rings. The molecule has 1 aromatic rings. The molecule has 6 aliphatic rings. The summed E-state index contributed by atoms with van der Waals surface area (Å²) >= 11 is 0. The van der Waals surface area contributed by atoms with E-state index in [-0.39, 0.29) is 154 Å². The topological polar surface area (TPSA) is 288 Å². The minimum absolute atomic E-state index is 0.00586. The summed E-state index contributed by atoms with van der Waals surface area (Å²) in [5.74, 6) is 0.193. The number of carbonyl (C=O) groups excluding carboxylic acids is 10. The third-order valence-corrected chi connectivity index (χ3v) is 25.9. The zero-order valence-corrected chi connectivity index (χ0v) is 68.0. The Bertz CT molecular complexity index is 3100. The zero-order valence-electron chi connectivity index (χ0n) is 66.0. The third kappa shape index (κ3) is 27.9. The molecule has 594 valence electrons. The fraction of sp³-hybridized carbons (Fsp3) is 0.772. The first kappa shape index (κ1) is 88.5. The number of unbranched alkanes of at least 4 members (excludes halogenated alkanes) is 8. The molecule has 0 aromatic carbocycles. The number of hydrogen-bond donors (Lipinski definition) is 0. The molecule has 2 saturated carbocycles. The molecular formula is C79H127N7O18Si2. The van der Waals surface area contributed by atoms with Crippen molar-refractivity contribution in [3.05, 3.63) is 36.2 Å². The van der Waals surface area contributed by atoms with Crippen LogP contribution < -0.4 is 0 Å². The smallest absolute Gasteiger partial charge is 0.331 e. The summed E-state index contributed by atoms with van der Waals surface area (Å²) in [4.78, 5) is 136. The summed E-state index contributed by atoms with van der Waals surface area (Å²) in [7, 11) is -3.35. The standard InChI is InChI=1S/C46H75N5O11Si.C33H52N2O7Si/c1-10-12-25-61-63(8,9)28-17-24-58-26-27-60-38(53)21-20-37(52)49(22-15-13-14-16-23-50-41(54)39-33-18-19-34(29-33)40(39)42(50)55)31-35-32-51(48-47-35)36(43(56)62-45(3,4)5)30-46(6,7)44(57)59-11-2;1-5-7-21-42-43(3,4)24-12-20-40-22-23-41-29(37)16-15-28(36)34(17-6-2)18-10-8-9-11-19-35-32(38)30-26-13-14-27(25-26)31(30)33(35)39/h18-19,32-34,36,39-40H,10-17,20-31H2,1-9H3;2,13-14,26-27,30-31H,5,7-12,15-25H2,1,3-4H3/t33-,34+,36?,39+,40-;26-,27+,30+,31-. The predicted molar refractivity (Wildman–Crippen MR) is 404 cm³/mol. The van der Waals surface area contributed by atoms with Crippen LogP contribution in [0.15, 0.2) is 30.5 Å². The van der Waals surface area contributed by atoms with Gasteiger partial charge in [-0.1, -0.05) is 87.8 Å². The van der Waals surface area contributed by atoms with E-state index in [1.807, 2.05) is 0 Å². The van der Waals surface area contributed by atoms with E-state index in [9.17, 15) is 47.9 Å². The Balaban J connectivity index is 0.000000357. The maximum absolute atomic E-state index is 13.7. The van der Waals surface area contributed by atoms with E-state index < -0.39 is 57.6 Å². The van der Waals surface area contributed by atoms with Gasteiger partial charge in [0.15, 0.2) is 22.7 Å². The van der Waals surface area contributed by atoms with E-state index in [1.165, 1.54) is 14.5 Å². The quantitative estimate of drug-likeness (QED) is 0.0111. The van der Waals surface area contributed by atoms with Gasteiger partial charge in [0.1, 0.15) is 24.5 Å². The van der Waals surface area contributed by atoms with Crippen molar-refractivity contribution in [3.63, 3.8) is 0 Å². The van der Waals surface area contributed by atoms with Gasteiger partial charge in [-0.05, 0) is 174 Å². The number of ether oxygens (including phenoxy) is 6. The van der Waals surface area contributed by atoms with E-state index in [4.69, 9.17) is 43.7 Å². The van der Waals surface area contributed by atoms with Crippen molar-refractivity contribution in [2.45, 2.75) is 247 Å². The number of esters is 4. The Morgan fingerprint density at radius 1 is 0.557 bits per heavy atom. The summed E-state index contributed by atoms with van der Waals surface area (Å²) in [6, 6.07) is 1.02. The van der Waals surface area contributed by atoms with Gasteiger partial charge < -0.3 is 47.1 Å². The number of aromatic nitrogens is 3. The lowest BCUT2D eigenvalue weighted by Crippen LogP contribution is -2.36. The highest BCUT2D eigenvalue weighted by Crippen LogP contribution is 2.54. The monoisotopic (exact) mass is 1520 g/mol. The van der Waals surface area contributed by atoms with Gasteiger partial charge >= 0.3 is 23.9 Å². The lowest BCUT2D eigenvalue weighted by molar-refractivity contribution is -0.163. The highest BCUT2D eigenvalue weighted by atomic mass is 28.4. The minimum Gasteiger partial charge on any atom is -0.466 e. The van der Waals surface area contributed by atoms with Crippen molar-refractivity contribution >= 4 is 76.0 Å². The van der Waals surface area contributed by atoms with Gasteiger partial charge in [-0.3, -0.25) is 53.0 Å². The Labute approximate surface area is 632 Å². The van der Waals surface area contributed by atoms with Gasteiger partial charge in [0, 0.05) is 65.4 Å². The molecule has 27 heteroatoms. The van der Waals surface area contributed by atoms with Gasteiger partial charge in [-0.25, -0.2) is 9.48 Å². The van der Waals surface area contributed by atoms with Crippen molar-refractivity contribution in [2.75, 3.05) is 92.2 Å². The lowest BCUT2D eigenvalue weighted by atomic mass is 9.85. The number of allylic oxidation sites excluding steroid dienone is 4. The van der Waals surface area contributed by atoms with E-state index >= 15 is 0 Å². The van der Waals surface area contributed by atoms with Gasteiger partial charge in [0.2, 0.25) is 35.4 Å². The van der Waals surface area contributed by atoms with Crippen molar-refractivity contribution in [1.82, 2.24) is 34.6 Å². The van der Waals surface area contributed by atoms with E-state index in [2.05, 4.69) is 80.6 Å². The van der Waals surface area contributed by atoms with Crippen molar-refractivity contribution < 1.29 is 85.2 Å². The fourth-order valence-corrected chi connectivity index (χ4v) is 18.7. The Morgan fingerprint density at radius 3 is 1.42 bits per heavy atom. The molecular weight excluding hydrogens is 1390 g/mol. The molecule has 9 atom stereocenters. The van der Waals surface area contributed by atoms with Crippen LogP contribution in [0, 0.1) is 65.1 Å². The van der Waals surface area contributed by atoms with Gasteiger partial charge in [0.25, 0.3) is 0 Å². The summed E-state index contributed by atoms with van der Waals surface area (Å²) in [6.07, 6.45) is 29.4. The lowest BCUT2D eigenvalue weighted by Gasteiger charge is -2.29. The van der Waals surface area contributed by atoms with Gasteiger partial charge in [-0.15, -0.1) is 11.5 Å². The van der Waals surface area contributed by atoms with Crippen LogP contribution in [0.25, 0.3) is 0 Å². The largest absolute Gasteiger partial charge is 0.466 e. The first-order valence-electron chi connectivity index (χ1n) is 39.6. The summed E-state index contributed by atoms with van der Waals surface area (Å²) < 4.78 is 46.4. The minimum atomic E-state index is -1.71. The Kier molecular flexibility index (Phi) is 36.4. The third-order valence-electron chi connectivity index (χ3n) is 20.9. The molecule has 0 spiro atoms. The van der Waals surface area contributed by atoms with Crippen LogP contribution in [-0.2, 0) is 91.8 Å². The van der Waals surface area contributed by atoms with Crippen LogP contribution in [0.1, 0.15) is 202 Å². The fourth-order valence-electron chi connectivity index (χ4n) is 15.0. The highest BCUT2D eigenvalue weighted by Gasteiger charge is 2.60. The first-order valence-corrected chi connectivity index (χ1v) is 45.8. The predicted octanol–water partition coefficient (Wildman–Crippen LogP) is 11.2. The molecule has 4 bridgehead atoms. The molecule has 25 nitrogen and oxygen atoms in total. The van der Waals surface area contributed by atoms with Crippen LogP contribution in [0.3, 0.4) is 0 Å². The number of rotatable bonds is 51. The molecule has 4 aliphatic carbocycles. The molecule has 1 unspecified atom stereocenters. The number of hydrogen-bond acceptors (Lipinski definition) is 20. The van der Waals surface area contributed by atoms with Crippen molar-refractivity contribution in [2.24, 2.45) is 52.8 Å². The molecule has 2 aliphatic heterocycles. The maximum atomic E-state index is 13.7. The second-order valence-corrected chi connectivity index (χ2v) is 40.8. The van der Waals surface area contributed by atoms with Crippen molar-refractivity contribution in [1.29, 1.82) is 0 Å². The number of fused-ring (bicyclic) bond motifs is 10. The van der Waals surface area contributed by atoms with Gasteiger partial charge in [0.05, 0.1) is 81.0 Å². The average Bonchev–Trinajstić information content (AvgIpc) is 1.58. The molecule has 106 heavy (non-hydrogen) atoms. The Hall–Kier alpha value is -6.45. The van der Waals surface area contributed by atoms with Crippen LogP contribution in [0.5, 0.6) is 0 Å². The molecule has 0 radical (unpaired) electrons. The van der Waals surface area contributed by atoms with Crippen molar-refractivity contribution in [3.8, 4) is 12.3 Å². The molecule has 6 amide bonds. The summed E-state index contributed by atoms with van der Waals surface area (Å²) in [6.45, 7) is 29.4. The van der Waals surface area contributed by atoms with Crippen LogP contribution in [-0.4, -0.2) is 208 Å². The molecule has 3 heterocycles. The molecule has 7 rings (SSSR count). The van der Waals surface area contributed by atoms with Crippen LogP contribution in [0.2, 0.25) is 38.3 Å². The number of carbonyl (C=O) groups is 10. The number of amides is 6. The number of terminal acetylenes is 1. The molecule has 0 N–H and O–H groups in total. The van der Waals surface area contributed by atoms with E-state index in [0.29, 0.717) is 64.5 Å².